The van der Waals surface area contributed by atoms with Crippen LogP contribution in [0, 0.1) is 6.92 Å². The maximum Gasteiger partial charge on any atom is 0.0916 e. The largest absolute Gasteiger partial charge is 0.252 e. The minimum atomic E-state index is 0.136. The molecule has 3 aromatic rings. The monoisotopic (exact) mass is 276 g/mol. The molecule has 0 aliphatic rings. The van der Waals surface area contributed by atoms with E-state index in [2.05, 4.69) is 63.0 Å². The molecule has 1 heterocycles. The first-order valence-electron chi connectivity index (χ1n) is 7.28. The van der Waals surface area contributed by atoms with Gasteiger partial charge < -0.3 is 0 Å². The Hall–Kier alpha value is -2.22. The van der Waals surface area contributed by atoms with Gasteiger partial charge in [0, 0.05) is 5.56 Å². The van der Waals surface area contributed by atoms with E-state index in [1.807, 2.05) is 18.3 Å². The fraction of sp³-hybridized carbons (Fsp3) is 0.263. The van der Waals surface area contributed by atoms with E-state index in [4.69, 9.17) is 4.98 Å². The summed E-state index contributed by atoms with van der Waals surface area (Å²) in [4.78, 5) is 9.35. The van der Waals surface area contributed by atoms with Gasteiger partial charge in [-0.25, -0.2) is 4.98 Å². The van der Waals surface area contributed by atoms with Crippen molar-refractivity contribution in [3.8, 4) is 11.3 Å². The third-order valence-corrected chi connectivity index (χ3v) is 3.80. The maximum atomic E-state index is 4.77. The van der Waals surface area contributed by atoms with Crippen LogP contribution >= 0.6 is 0 Å². The molecule has 106 valence electrons. The first-order valence-corrected chi connectivity index (χ1v) is 7.28. The summed E-state index contributed by atoms with van der Waals surface area (Å²) in [5.41, 5.74) is 6.59. The first-order chi connectivity index (χ1) is 9.95. The van der Waals surface area contributed by atoms with Crippen LogP contribution in [0.25, 0.3) is 22.3 Å². The Morgan fingerprint density at radius 1 is 0.952 bits per heavy atom. The Labute approximate surface area is 125 Å². The number of rotatable bonds is 1. The molecule has 0 aliphatic heterocycles. The van der Waals surface area contributed by atoms with Crippen molar-refractivity contribution in [1.82, 2.24) is 9.97 Å². The van der Waals surface area contributed by atoms with Crippen LogP contribution in [0.3, 0.4) is 0 Å². The van der Waals surface area contributed by atoms with Crippen LogP contribution in [0.1, 0.15) is 31.9 Å². The molecule has 0 spiro atoms. The average molecular weight is 276 g/mol. The molecule has 0 radical (unpaired) electrons. The van der Waals surface area contributed by atoms with E-state index in [0.29, 0.717) is 0 Å². The second-order valence-corrected chi connectivity index (χ2v) is 6.53. The molecule has 2 heteroatoms. The average Bonchev–Trinajstić information content (AvgIpc) is 2.46. The molecule has 1 aromatic heterocycles. The molecule has 21 heavy (non-hydrogen) atoms. The van der Waals surface area contributed by atoms with Gasteiger partial charge in [-0.3, -0.25) is 4.98 Å². The lowest BCUT2D eigenvalue weighted by molar-refractivity contribution is 0.590. The fourth-order valence-corrected chi connectivity index (χ4v) is 2.47. The van der Waals surface area contributed by atoms with Crippen LogP contribution in [0.15, 0.2) is 48.7 Å². The van der Waals surface area contributed by atoms with Crippen LogP contribution in [-0.4, -0.2) is 9.97 Å². The molecule has 0 saturated carbocycles. The summed E-state index contributed by atoms with van der Waals surface area (Å²) in [5.74, 6) is 0. The van der Waals surface area contributed by atoms with Gasteiger partial charge in [-0.15, -0.1) is 0 Å². The van der Waals surface area contributed by atoms with Gasteiger partial charge in [-0.05, 0) is 35.6 Å². The lowest BCUT2D eigenvalue weighted by Crippen LogP contribution is -2.10. The number of aryl methyl sites for hydroxylation is 1. The Morgan fingerprint density at radius 3 is 2.48 bits per heavy atom. The van der Waals surface area contributed by atoms with Crippen molar-refractivity contribution >= 4 is 11.0 Å². The van der Waals surface area contributed by atoms with Gasteiger partial charge in [-0.2, -0.15) is 0 Å². The zero-order valence-electron chi connectivity index (χ0n) is 13.0. The van der Waals surface area contributed by atoms with Crippen LogP contribution in [0.5, 0.6) is 0 Å². The van der Waals surface area contributed by atoms with Gasteiger partial charge in [0.05, 0.1) is 22.9 Å². The number of para-hydroxylation sites is 1. The molecule has 2 aromatic carbocycles. The van der Waals surface area contributed by atoms with Crippen molar-refractivity contribution in [2.24, 2.45) is 0 Å². The van der Waals surface area contributed by atoms with Crippen molar-refractivity contribution in [3.05, 3.63) is 59.8 Å². The predicted octanol–water partition coefficient (Wildman–Crippen LogP) is 4.90. The van der Waals surface area contributed by atoms with E-state index < -0.39 is 0 Å². The smallest absolute Gasteiger partial charge is 0.0916 e. The molecule has 0 saturated heterocycles. The summed E-state index contributed by atoms with van der Waals surface area (Å²) in [6.07, 6.45) is 1.87. The summed E-state index contributed by atoms with van der Waals surface area (Å²) >= 11 is 0. The zero-order chi connectivity index (χ0) is 15.0. The third kappa shape index (κ3) is 2.66. The normalized spacial score (nSPS) is 11.8. The van der Waals surface area contributed by atoms with E-state index in [0.717, 1.165) is 27.9 Å². The summed E-state index contributed by atoms with van der Waals surface area (Å²) in [6, 6.07) is 14.7. The number of aromatic nitrogens is 2. The lowest BCUT2D eigenvalue weighted by atomic mass is 9.86. The molecule has 0 bridgehead atoms. The zero-order valence-corrected chi connectivity index (χ0v) is 13.0. The standard InChI is InChI=1S/C19H20N2/c1-13-7-5-10-16-18(13)20-12-17(21-16)14-8-6-9-15(11-14)19(2,3)4/h5-12H,1-4H3. The van der Waals surface area contributed by atoms with Gasteiger partial charge in [0.15, 0.2) is 0 Å². The van der Waals surface area contributed by atoms with Crippen LogP contribution in [0.4, 0.5) is 0 Å². The second kappa shape index (κ2) is 4.96. The lowest BCUT2D eigenvalue weighted by Gasteiger charge is -2.19. The summed E-state index contributed by atoms with van der Waals surface area (Å²) < 4.78 is 0. The SMILES string of the molecule is Cc1cccc2nc(-c3cccc(C(C)(C)C)c3)cnc12. The molecule has 0 amide bonds. The highest BCUT2D eigenvalue weighted by Gasteiger charge is 2.14. The minimum Gasteiger partial charge on any atom is -0.252 e. The number of benzene rings is 2. The van der Waals surface area contributed by atoms with E-state index in [9.17, 15) is 0 Å². The number of fused-ring (bicyclic) bond motifs is 1. The first kappa shape index (κ1) is 13.7. The number of hydrogen-bond donors (Lipinski definition) is 0. The minimum absolute atomic E-state index is 0.136. The molecular formula is C19H20N2. The Kier molecular flexibility index (Phi) is 3.25. The van der Waals surface area contributed by atoms with Gasteiger partial charge in [0.1, 0.15) is 0 Å². The van der Waals surface area contributed by atoms with Gasteiger partial charge in [-0.1, -0.05) is 51.1 Å². The second-order valence-electron chi connectivity index (χ2n) is 6.53. The van der Waals surface area contributed by atoms with Crippen LogP contribution in [0.2, 0.25) is 0 Å². The van der Waals surface area contributed by atoms with E-state index in [-0.39, 0.29) is 5.41 Å². The van der Waals surface area contributed by atoms with Gasteiger partial charge >= 0.3 is 0 Å². The van der Waals surface area contributed by atoms with E-state index >= 15 is 0 Å². The quantitative estimate of drug-likeness (QED) is 0.631. The van der Waals surface area contributed by atoms with Crippen molar-refractivity contribution in [3.63, 3.8) is 0 Å². The third-order valence-electron chi connectivity index (χ3n) is 3.80. The fourth-order valence-electron chi connectivity index (χ4n) is 2.47. The van der Waals surface area contributed by atoms with Crippen LogP contribution in [-0.2, 0) is 5.41 Å². The van der Waals surface area contributed by atoms with Gasteiger partial charge in [0.2, 0.25) is 0 Å². The van der Waals surface area contributed by atoms with E-state index in [1.165, 1.54) is 5.56 Å². The van der Waals surface area contributed by atoms with Crippen LogP contribution < -0.4 is 0 Å². The summed E-state index contributed by atoms with van der Waals surface area (Å²) in [5, 5.41) is 0. The van der Waals surface area contributed by atoms with Crippen molar-refractivity contribution in [2.45, 2.75) is 33.1 Å². The predicted molar refractivity (Wildman–Crippen MR) is 88.4 cm³/mol. The highest BCUT2D eigenvalue weighted by atomic mass is 14.8. The van der Waals surface area contributed by atoms with Crippen molar-refractivity contribution < 1.29 is 0 Å². The molecule has 2 nitrogen and oxygen atoms in total. The summed E-state index contributed by atoms with van der Waals surface area (Å²) in [7, 11) is 0. The topological polar surface area (TPSA) is 25.8 Å². The van der Waals surface area contributed by atoms with E-state index in [1.54, 1.807) is 0 Å². The molecular weight excluding hydrogens is 256 g/mol. The Bertz CT molecular complexity index is 798. The molecule has 0 aliphatic carbocycles. The Morgan fingerprint density at radius 2 is 1.71 bits per heavy atom. The molecule has 3 rings (SSSR count). The highest BCUT2D eigenvalue weighted by molar-refractivity contribution is 5.80. The molecule has 0 fully saturated rings. The van der Waals surface area contributed by atoms with Crippen molar-refractivity contribution in [2.75, 3.05) is 0 Å². The molecule has 0 atom stereocenters. The molecule has 0 N–H and O–H groups in total. The molecule has 0 unspecified atom stereocenters. The van der Waals surface area contributed by atoms with Gasteiger partial charge in [0.25, 0.3) is 0 Å². The Balaban J connectivity index is 2.13. The van der Waals surface area contributed by atoms with Crippen molar-refractivity contribution in [1.29, 1.82) is 0 Å². The highest BCUT2D eigenvalue weighted by Crippen LogP contribution is 2.27. The maximum absolute atomic E-state index is 4.77. The summed E-state index contributed by atoms with van der Waals surface area (Å²) in [6.45, 7) is 8.74. The number of hydrogen-bond acceptors (Lipinski definition) is 2. The number of nitrogens with zero attached hydrogens (tertiary/aromatic N) is 2.